The van der Waals surface area contributed by atoms with Crippen molar-refractivity contribution in [2.75, 3.05) is 11.1 Å². The molecular formula is C18H19N3. The number of anilines is 2. The van der Waals surface area contributed by atoms with Gasteiger partial charge >= 0.3 is 0 Å². The maximum absolute atomic E-state index is 6.10. The van der Waals surface area contributed by atoms with E-state index >= 15 is 0 Å². The van der Waals surface area contributed by atoms with Crippen molar-refractivity contribution in [3.63, 3.8) is 0 Å². The van der Waals surface area contributed by atoms with E-state index in [-0.39, 0.29) is 0 Å². The molecule has 0 saturated carbocycles. The molecule has 0 amide bonds. The Morgan fingerprint density at radius 1 is 1.05 bits per heavy atom. The number of nitrogens with one attached hydrogen (secondary N) is 1. The lowest BCUT2D eigenvalue weighted by atomic mass is 10.1. The van der Waals surface area contributed by atoms with Gasteiger partial charge in [-0.1, -0.05) is 48.5 Å². The lowest BCUT2D eigenvalue weighted by Crippen LogP contribution is -2.19. The third-order valence-electron chi connectivity index (χ3n) is 3.58. The van der Waals surface area contributed by atoms with E-state index < -0.39 is 0 Å². The molecule has 1 atom stereocenters. The predicted molar refractivity (Wildman–Crippen MR) is 89.4 cm³/mol. The van der Waals surface area contributed by atoms with Crippen LogP contribution in [0.3, 0.4) is 0 Å². The van der Waals surface area contributed by atoms with E-state index in [4.69, 9.17) is 5.73 Å². The molecule has 0 saturated heterocycles. The van der Waals surface area contributed by atoms with Crippen molar-refractivity contribution >= 4 is 22.3 Å². The summed E-state index contributed by atoms with van der Waals surface area (Å²) in [6, 6.07) is 18.8. The molecule has 0 aliphatic carbocycles. The zero-order chi connectivity index (χ0) is 14.7. The molecule has 3 nitrogen and oxygen atoms in total. The Morgan fingerprint density at radius 2 is 1.76 bits per heavy atom. The molecule has 0 bridgehead atoms. The van der Waals surface area contributed by atoms with E-state index in [0.717, 1.165) is 23.0 Å². The first-order valence-electron chi connectivity index (χ1n) is 7.18. The van der Waals surface area contributed by atoms with Crippen LogP contribution >= 0.6 is 0 Å². The standard InChI is InChI=1S/C18H19N3/c1-13(11-14-7-3-2-4-8-14)21-18-15-9-5-6-10-17(15)20-12-16(18)19/h2-10,12-13H,11,19H2,1H3,(H,20,21). The Kier molecular flexibility index (Phi) is 3.73. The van der Waals surface area contributed by atoms with Crippen LogP contribution in [0.5, 0.6) is 0 Å². The molecule has 3 rings (SSSR count). The summed E-state index contributed by atoms with van der Waals surface area (Å²) in [7, 11) is 0. The lowest BCUT2D eigenvalue weighted by molar-refractivity contribution is 0.792. The highest BCUT2D eigenvalue weighted by Gasteiger charge is 2.10. The molecule has 21 heavy (non-hydrogen) atoms. The molecule has 3 aromatic rings. The number of benzene rings is 2. The normalized spacial score (nSPS) is 12.2. The van der Waals surface area contributed by atoms with Gasteiger partial charge in [-0.2, -0.15) is 0 Å². The van der Waals surface area contributed by atoms with Crippen LogP contribution in [0.4, 0.5) is 11.4 Å². The average Bonchev–Trinajstić information content (AvgIpc) is 2.51. The number of para-hydroxylation sites is 1. The number of aromatic nitrogens is 1. The third-order valence-corrected chi connectivity index (χ3v) is 3.58. The van der Waals surface area contributed by atoms with Crippen molar-refractivity contribution in [1.29, 1.82) is 0 Å². The largest absolute Gasteiger partial charge is 0.396 e. The Labute approximate surface area is 124 Å². The molecular weight excluding hydrogens is 258 g/mol. The number of fused-ring (bicyclic) bond motifs is 1. The van der Waals surface area contributed by atoms with Crippen LogP contribution in [0.2, 0.25) is 0 Å². The van der Waals surface area contributed by atoms with E-state index in [9.17, 15) is 0 Å². The quantitative estimate of drug-likeness (QED) is 0.761. The van der Waals surface area contributed by atoms with Crippen molar-refractivity contribution in [2.24, 2.45) is 0 Å². The number of nitrogens with zero attached hydrogens (tertiary/aromatic N) is 1. The van der Waals surface area contributed by atoms with E-state index in [2.05, 4.69) is 47.6 Å². The highest BCUT2D eigenvalue weighted by molar-refractivity contribution is 5.96. The Morgan fingerprint density at radius 3 is 2.57 bits per heavy atom. The van der Waals surface area contributed by atoms with E-state index in [0.29, 0.717) is 11.7 Å². The van der Waals surface area contributed by atoms with Gasteiger partial charge in [-0.3, -0.25) is 4.98 Å². The Balaban J connectivity index is 1.86. The van der Waals surface area contributed by atoms with Crippen molar-refractivity contribution in [3.05, 3.63) is 66.4 Å². The van der Waals surface area contributed by atoms with Gasteiger partial charge in [0.1, 0.15) is 0 Å². The second-order valence-electron chi connectivity index (χ2n) is 5.34. The molecule has 0 spiro atoms. The van der Waals surface area contributed by atoms with Crippen molar-refractivity contribution in [3.8, 4) is 0 Å². The molecule has 1 aromatic heterocycles. The smallest absolute Gasteiger partial charge is 0.0743 e. The maximum Gasteiger partial charge on any atom is 0.0743 e. The second kappa shape index (κ2) is 5.83. The summed E-state index contributed by atoms with van der Waals surface area (Å²) in [6.45, 7) is 2.17. The number of pyridine rings is 1. The molecule has 106 valence electrons. The second-order valence-corrected chi connectivity index (χ2v) is 5.34. The molecule has 1 heterocycles. The van der Waals surface area contributed by atoms with Crippen molar-refractivity contribution < 1.29 is 0 Å². The number of nitrogens with two attached hydrogens (primary N) is 1. The fourth-order valence-electron chi connectivity index (χ4n) is 2.58. The SMILES string of the molecule is CC(Cc1ccccc1)Nc1c(N)cnc2ccccc12. The predicted octanol–water partition coefficient (Wildman–Crippen LogP) is 3.86. The van der Waals surface area contributed by atoms with E-state index in [1.807, 2.05) is 24.3 Å². The van der Waals surface area contributed by atoms with Crippen LogP contribution in [0.1, 0.15) is 12.5 Å². The molecule has 0 fully saturated rings. The van der Waals surface area contributed by atoms with Gasteiger partial charge in [-0.15, -0.1) is 0 Å². The highest BCUT2D eigenvalue weighted by Crippen LogP contribution is 2.28. The minimum Gasteiger partial charge on any atom is -0.396 e. The first-order chi connectivity index (χ1) is 10.2. The lowest BCUT2D eigenvalue weighted by Gasteiger charge is -2.18. The summed E-state index contributed by atoms with van der Waals surface area (Å²) < 4.78 is 0. The Hall–Kier alpha value is -2.55. The minimum absolute atomic E-state index is 0.292. The van der Waals surface area contributed by atoms with Crippen LogP contribution in [-0.4, -0.2) is 11.0 Å². The van der Waals surface area contributed by atoms with Gasteiger partial charge in [0.2, 0.25) is 0 Å². The molecule has 0 aliphatic heterocycles. The fraction of sp³-hybridized carbons (Fsp3) is 0.167. The van der Waals surface area contributed by atoms with E-state index in [1.165, 1.54) is 5.56 Å². The monoisotopic (exact) mass is 277 g/mol. The Bertz CT molecular complexity index is 738. The van der Waals surface area contributed by atoms with Crippen LogP contribution in [0.25, 0.3) is 10.9 Å². The molecule has 0 aliphatic rings. The summed E-state index contributed by atoms with van der Waals surface area (Å²) in [4.78, 5) is 4.37. The first kappa shape index (κ1) is 13.4. The zero-order valence-electron chi connectivity index (χ0n) is 12.1. The summed E-state index contributed by atoms with van der Waals surface area (Å²) in [5.41, 5.74) is 10.0. The van der Waals surface area contributed by atoms with Gasteiger partial charge in [-0.05, 0) is 25.0 Å². The van der Waals surface area contributed by atoms with Crippen LogP contribution in [0, 0.1) is 0 Å². The highest BCUT2D eigenvalue weighted by atomic mass is 14.9. The molecule has 1 unspecified atom stereocenters. The van der Waals surface area contributed by atoms with Gasteiger partial charge in [-0.25, -0.2) is 0 Å². The average molecular weight is 277 g/mol. The summed E-state index contributed by atoms with van der Waals surface area (Å²) >= 11 is 0. The minimum atomic E-state index is 0.292. The third kappa shape index (κ3) is 2.97. The zero-order valence-corrected chi connectivity index (χ0v) is 12.1. The summed E-state index contributed by atoms with van der Waals surface area (Å²) in [6.07, 6.45) is 2.68. The van der Waals surface area contributed by atoms with Crippen LogP contribution in [-0.2, 0) is 6.42 Å². The maximum atomic E-state index is 6.10. The summed E-state index contributed by atoms with van der Waals surface area (Å²) in [5.74, 6) is 0. The van der Waals surface area contributed by atoms with Crippen LogP contribution < -0.4 is 11.1 Å². The van der Waals surface area contributed by atoms with Crippen molar-refractivity contribution in [2.45, 2.75) is 19.4 Å². The van der Waals surface area contributed by atoms with Gasteiger partial charge in [0.25, 0.3) is 0 Å². The van der Waals surface area contributed by atoms with Gasteiger partial charge in [0.15, 0.2) is 0 Å². The number of hydrogen-bond donors (Lipinski definition) is 2. The first-order valence-corrected chi connectivity index (χ1v) is 7.18. The molecule has 3 N–H and O–H groups in total. The summed E-state index contributed by atoms with van der Waals surface area (Å²) in [5, 5.41) is 4.60. The number of rotatable bonds is 4. The molecule has 2 aromatic carbocycles. The van der Waals surface area contributed by atoms with Gasteiger partial charge in [0, 0.05) is 11.4 Å². The van der Waals surface area contributed by atoms with E-state index in [1.54, 1.807) is 6.20 Å². The van der Waals surface area contributed by atoms with Gasteiger partial charge in [0.05, 0.1) is 23.1 Å². The molecule has 0 radical (unpaired) electrons. The van der Waals surface area contributed by atoms with Crippen molar-refractivity contribution in [1.82, 2.24) is 4.98 Å². The fourth-order valence-corrected chi connectivity index (χ4v) is 2.58. The molecule has 3 heteroatoms. The number of hydrogen-bond acceptors (Lipinski definition) is 3. The van der Waals surface area contributed by atoms with Gasteiger partial charge < -0.3 is 11.1 Å². The number of nitrogen functional groups attached to an aromatic ring is 1. The van der Waals surface area contributed by atoms with Crippen LogP contribution in [0.15, 0.2) is 60.8 Å². The topological polar surface area (TPSA) is 50.9 Å².